The van der Waals surface area contributed by atoms with Crippen LogP contribution >= 0.6 is 0 Å². The first-order valence-electron chi connectivity index (χ1n) is 21.1. The van der Waals surface area contributed by atoms with E-state index in [0.717, 1.165) is 61.2 Å². The second-order valence-electron chi connectivity index (χ2n) is 15.9. The molecule has 4 heteroatoms. The molecule has 0 radical (unpaired) electrons. The highest BCUT2D eigenvalue weighted by atomic mass is 15.0. The van der Waals surface area contributed by atoms with Crippen molar-refractivity contribution in [2.75, 3.05) is 0 Å². The molecule has 0 saturated carbocycles. The van der Waals surface area contributed by atoms with Gasteiger partial charge < -0.3 is 0 Å². The summed E-state index contributed by atoms with van der Waals surface area (Å²) in [5, 5.41) is 10.0. The Kier molecular flexibility index (Phi) is 9.41. The van der Waals surface area contributed by atoms with Crippen molar-refractivity contribution in [3.8, 4) is 84.7 Å². The first kappa shape index (κ1) is 37.5. The van der Waals surface area contributed by atoms with E-state index in [1.807, 2.05) is 42.5 Å². The molecule has 0 aliphatic heterocycles. The maximum atomic E-state index is 10.0. The van der Waals surface area contributed by atoms with Crippen LogP contribution in [0.15, 0.2) is 231 Å². The van der Waals surface area contributed by atoms with Crippen LogP contribution in [0.5, 0.6) is 0 Å². The van der Waals surface area contributed by atoms with Gasteiger partial charge in [0, 0.05) is 16.7 Å². The van der Waals surface area contributed by atoms with Gasteiger partial charge in [-0.05, 0) is 91.0 Å². The van der Waals surface area contributed by atoms with Gasteiger partial charge in [-0.15, -0.1) is 0 Å². The molecule has 0 bridgehead atoms. The summed E-state index contributed by atoms with van der Waals surface area (Å²) in [5.41, 5.74) is 16.6. The van der Waals surface area contributed by atoms with E-state index in [1.54, 1.807) is 0 Å². The van der Waals surface area contributed by atoms with E-state index in [2.05, 4.69) is 194 Å². The Hall–Kier alpha value is -8.52. The lowest BCUT2D eigenvalue weighted by atomic mass is 9.67. The van der Waals surface area contributed by atoms with Gasteiger partial charge in [0.15, 0.2) is 17.5 Å². The molecule has 0 saturated heterocycles. The van der Waals surface area contributed by atoms with E-state index in [9.17, 15) is 5.26 Å². The molecule has 0 N–H and O–H groups in total. The summed E-state index contributed by atoms with van der Waals surface area (Å²) in [5.74, 6) is 1.87. The van der Waals surface area contributed by atoms with Crippen LogP contribution in [0.2, 0.25) is 0 Å². The summed E-state index contributed by atoms with van der Waals surface area (Å²) >= 11 is 0. The molecule has 0 amide bonds. The van der Waals surface area contributed by atoms with Crippen LogP contribution in [0.25, 0.3) is 78.7 Å². The standard InChI is InChI=1S/C59H38N4/c60-39-40-24-34-54-52(36-40)53-38-49(33-35-55(53)59(54,50-20-9-3-10-21-50)51-22-11-4-12-23-51)48-19-13-18-47(37-48)43-27-31-46(32-28-43)58-62-56(44-16-7-2-8-17-44)61-57(63-58)45-29-25-42(26-30-45)41-14-5-1-6-15-41/h1-38H. The third-order valence-electron chi connectivity index (χ3n) is 12.3. The number of rotatable bonds is 8. The molecule has 0 atom stereocenters. The van der Waals surface area contributed by atoms with Gasteiger partial charge in [-0.1, -0.05) is 206 Å². The summed E-state index contributed by atoms with van der Waals surface area (Å²) in [6.45, 7) is 0. The third kappa shape index (κ3) is 6.70. The summed E-state index contributed by atoms with van der Waals surface area (Å²) < 4.78 is 0. The van der Waals surface area contributed by atoms with Crippen molar-refractivity contribution in [3.05, 3.63) is 258 Å². The van der Waals surface area contributed by atoms with Crippen molar-refractivity contribution >= 4 is 0 Å². The molecule has 1 aromatic heterocycles. The van der Waals surface area contributed by atoms with Gasteiger partial charge in [0.2, 0.25) is 0 Å². The molecule has 0 spiro atoms. The predicted molar refractivity (Wildman–Crippen MR) is 254 cm³/mol. The quantitative estimate of drug-likeness (QED) is 0.153. The highest BCUT2D eigenvalue weighted by Gasteiger charge is 2.46. The van der Waals surface area contributed by atoms with Crippen LogP contribution in [0, 0.1) is 11.3 Å². The van der Waals surface area contributed by atoms with Gasteiger partial charge >= 0.3 is 0 Å². The van der Waals surface area contributed by atoms with Crippen LogP contribution in [-0.4, -0.2) is 15.0 Å². The highest BCUT2D eigenvalue weighted by molar-refractivity contribution is 5.90. The predicted octanol–water partition coefficient (Wildman–Crippen LogP) is 14.1. The molecule has 1 aliphatic carbocycles. The zero-order valence-electron chi connectivity index (χ0n) is 34.2. The van der Waals surface area contributed by atoms with Crippen molar-refractivity contribution < 1.29 is 0 Å². The van der Waals surface area contributed by atoms with Gasteiger partial charge in [0.05, 0.1) is 17.0 Å². The fourth-order valence-corrected chi connectivity index (χ4v) is 9.23. The van der Waals surface area contributed by atoms with Crippen molar-refractivity contribution in [3.63, 3.8) is 0 Å². The lowest BCUT2D eigenvalue weighted by Crippen LogP contribution is -2.28. The molecular weight excluding hydrogens is 765 g/mol. The maximum Gasteiger partial charge on any atom is 0.164 e. The number of aromatic nitrogens is 3. The molecule has 0 unspecified atom stereocenters. The van der Waals surface area contributed by atoms with Crippen LogP contribution < -0.4 is 0 Å². The lowest BCUT2D eigenvalue weighted by molar-refractivity contribution is 0.768. The number of nitrogens with zero attached hydrogens (tertiary/aromatic N) is 4. The van der Waals surface area contributed by atoms with Gasteiger partial charge in [-0.2, -0.15) is 5.26 Å². The molecule has 0 fully saturated rings. The molecule has 10 aromatic rings. The number of hydrogen-bond donors (Lipinski definition) is 0. The minimum atomic E-state index is -0.530. The van der Waals surface area contributed by atoms with Crippen LogP contribution in [-0.2, 0) is 5.41 Å². The van der Waals surface area contributed by atoms with Crippen molar-refractivity contribution in [2.24, 2.45) is 0 Å². The minimum Gasteiger partial charge on any atom is -0.208 e. The van der Waals surface area contributed by atoms with Crippen molar-refractivity contribution in [1.82, 2.24) is 15.0 Å². The first-order valence-corrected chi connectivity index (χ1v) is 21.1. The molecule has 1 aliphatic rings. The monoisotopic (exact) mass is 802 g/mol. The molecule has 11 rings (SSSR count). The summed E-state index contributed by atoms with van der Waals surface area (Å²) in [6.07, 6.45) is 0. The molecule has 63 heavy (non-hydrogen) atoms. The Morgan fingerprint density at radius 3 is 1.17 bits per heavy atom. The number of benzene rings is 9. The number of fused-ring (bicyclic) bond motifs is 3. The average molecular weight is 803 g/mol. The van der Waals surface area contributed by atoms with E-state index >= 15 is 0 Å². The summed E-state index contributed by atoms with van der Waals surface area (Å²) in [7, 11) is 0. The summed E-state index contributed by atoms with van der Waals surface area (Å²) in [6, 6.07) is 82.9. The van der Waals surface area contributed by atoms with Crippen molar-refractivity contribution in [1.29, 1.82) is 5.26 Å². The third-order valence-corrected chi connectivity index (χ3v) is 12.3. The lowest BCUT2D eigenvalue weighted by Gasteiger charge is -2.34. The van der Waals surface area contributed by atoms with E-state index in [-0.39, 0.29) is 0 Å². The second-order valence-corrected chi connectivity index (χ2v) is 15.9. The average Bonchev–Trinajstić information content (AvgIpc) is 3.67. The van der Waals surface area contributed by atoms with Gasteiger partial charge in [-0.25, -0.2) is 15.0 Å². The van der Waals surface area contributed by atoms with Crippen LogP contribution in [0.4, 0.5) is 0 Å². The number of hydrogen-bond acceptors (Lipinski definition) is 4. The summed E-state index contributed by atoms with van der Waals surface area (Å²) in [4.78, 5) is 15.0. The van der Waals surface area contributed by atoms with Crippen LogP contribution in [0.1, 0.15) is 27.8 Å². The highest BCUT2D eigenvalue weighted by Crippen LogP contribution is 2.57. The Balaban J connectivity index is 0.955. The Bertz CT molecular complexity index is 3260. The fourth-order valence-electron chi connectivity index (χ4n) is 9.23. The molecule has 1 heterocycles. The topological polar surface area (TPSA) is 62.5 Å². The van der Waals surface area contributed by atoms with E-state index < -0.39 is 5.41 Å². The van der Waals surface area contributed by atoms with Crippen LogP contribution in [0.3, 0.4) is 0 Å². The zero-order valence-corrected chi connectivity index (χ0v) is 34.2. The molecular formula is C59H38N4. The van der Waals surface area contributed by atoms with Gasteiger partial charge in [0.1, 0.15) is 0 Å². The van der Waals surface area contributed by atoms with Gasteiger partial charge in [-0.3, -0.25) is 0 Å². The largest absolute Gasteiger partial charge is 0.208 e. The molecule has 294 valence electrons. The number of nitriles is 1. The molecule has 4 nitrogen and oxygen atoms in total. The smallest absolute Gasteiger partial charge is 0.164 e. The first-order chi connectivity index (χ1) is 31.2. The maximum absolute atomic E-state index is 10.0. The van der Waals surface area contributed by atoms with E-state index in [0.29, 0.717) is 23.0 Å². The Morgan fingerprint density at radius 1 is 0.302 bits per heavy atom. The SMILES string of the molecule is N#Cc1ccc2c(c1)-c1cc(-c3cccc(-c4ccc(-c5nc(-c6ccccc6)nc(-c6ccc(-c7ccccc7)cc6)n5)cc4)c3)ccc1C2(c1ccccc1)c1ccccc1. The van der Waals surface area contributed by atoms with E-state index in [4.69, 9.17) is 15.0 Å². The molecule has 9 aromatic carbocycles. The Labute approximate surface area is 367 Å². The van der Waals surface area contributed by atoms with Gasteiger partial charge in [0.25, 0.3) is 0 Å². The van der Waals surface area contributed by atoms with E-state index in [1.165, 1.54) is 22.3 Å². The Morgan fingerprint density at radius 2 is 0.651 bits per heavy atom. The van der Waals surface area contributed by atoms with Crippen molar-refractivity contribution in [2.45, 2.75) is 5.41 Å². The minimum absolute atomic E-state index is 0.530. The zero-order chi connectivity index (χ0) is 42.2. The fraction of sp³-hybridized carbons (Fsp3) is 0.0169. The normalized spacial score (nSPS) is 12.2. The second kappa shape index (κ2) is 15.8.